The third kappa shape index (κ3) is 6.48. The van der Waals surface area contributed by atoms with Gasteiger partial charge in [-0.1, -0.05) is 6.07 Å². The highest BCUT2D eigenvalue weighted by atomic mass is 32.2. The highest BCUT2D eigenvalue weighted by molar-refractivity contribution is 7.99. The van der Waals surface area contributed by atoms with E-state index >= 15 is 0 Å². The third-order valence-electron chi connectivity index (χ3n) is 4.68. The molecule has 0 atom stereocenters. The second-order valence-electron chi connectivity index (χ2n) is 7.18. The van der Waals surface area contributed by atoms with Gasteiger partial charge in [0.2, 0.25) is 0 Å². The van der Waals surface area contributed by atoms with Crippen LogP contribution < -0.4 is 15.5 Å². The molecule has 1 aromatic carbocycles. The fourth-order valence-corrected chi connectivity index (χ4v) is 2.99. The largest absolute Gasteiger partial charge is 0.416 e. The second kappa shape index (κ2) is 9.73. The maximum Gasteiger partial charge on any atom is 0.416 e. The summed E-state index contributed by atoms with van der Waals surface area (Å²) < 4.78 is 46.2. The highest BCUT2D eigenvalue weighted by Crippen LogP contribution is 2.35. The summed E-state index contributed by atoms with van der Waals surface area (Å²) in [7, 11) is 1.60. The Morgan fingerprint density at radius 3 is 2.46 bits per heavy atom. The number of nitrogens with zero attached hydrogens (tertiary/aromatic N) is 2. The van der Waals surface area contributed by atoms with Crippen molar-refractivity contribution in [1.82, 2.24) is 10.6 Å². The Morgan fingerprint density at radius 2 is 1.89 bits per heavy atom. The molecule has 158 valence electrons. The SMILES string of the molecule is CN=C(NCc1ccc(N2CCOCC2)cc1C(F)(F)F)NCC(C)(C)SC. The minimum absolute atomic E-state index is 0.00540. The van der Waals surface area contributed by atoms with Gasteiger partial charge in [-0.3, -0.25) is 4.99 Å². The van der Waals surface area contributed by atoms with Gasteiger partial charge in [-0.05, 0) is 37.8 Å². The van der Waals surface area contributed by atoms with E-state index in [9.17, 15) is 13.2 Å². The van der Waals surface area contributed by atoms with Crippen LogP contribution in [0.15, 0.2) is 23.2 Å². The lowest BCUT2D eigenvalue weighted by molar-refractivity contribution is -0.138. The average Bonchev–Trinajstić information content (AvgIpc) is 2.68. The topological polar surface area (TPSA) is 48.9 Å². The van der Waals surface area contributed by atoms with E-state index in [1.54, 1.807) is 30.9 Å². The first-order valence-electron chi connectivity index (χ1n) is 9.19. The molecule has 1 heterocycles. The lowest BCUT2D eigenvalue weighted by Gasteiger charge is -2.30. The average molecular weight is 419 g/mol. The quantitative estimate of drug-likeness (QED) is 0.548. The number of hydrogen-bond donors (Lipinski definition) is 2. The predicted molar refractivity (Wildman–Crippen MR) is 110 cm³/mol. The first-order valence-corrected chi connectivity index (χ1v) is 10.4. The van der Waals surface area contributed by atoms with Crippen molar-refractivity contribution in [2.45, 2.75) is 31.3 Å². The molecule has 1 aromatic rings. The highest BCUT2D eigenvalue weighted by Gasteiger charge is 2.34. The molecule has 5 nitrogen and oxygen atoms in total. The summed E-state index contributed by atoms with van der Waals surface area (Å²) in [6.07, 6.45) is -2.40. The minimum atomic E-state index is -4.42. The molecule has 0 unspecified atom stereocenters. The van der Waals surface area contributed by atoms with Gasteiger partial charge in [0.05, 0.1) is 18.8 Å². The zero-order valence-corrected chi connectivity index (χ0v) is 17.6. The van der Waals surface area contributed by atoms with Crippen LogP contribution in [0.2, 0.25) is 0 Å². The van der Waals surface area contributed by atoms with Crippen LogP contribution in [0.3, 0.4) is 0 Å². The Balaban J connectivity index is 2.11. The van der Waals surface area contributed by atoms with Crippen LogP contribution in [0.5, 0.6) is 0 Å². The van der Waals surface area contributed by atoms with E-state index in [2.05, 4.69) is 29.5 Å². The molecule has 1 aliphatic heterocycles. The van der Waals surface area contributed by atoms with Crippen molar-refractivity contribution in [2.24, 2.45) is 4.99 Å². The number of aliphatic imine (C=N–C) groups is 1. The normalized spacial score (nSPS) is 16.2. The predicted octanol–water partition coefficient (Wildman–Crippen LogP) is 3.35. The summed E-state index contributed by atoms with van der Waals surface area (Å²) in [6, 6.07) is 4.51. The van der Waals surface area contributed by atoms with Gasteiger partial charge in [0, 0.05) is 43.7 Å². The van der Waals surface area contributed by atoms with Crippen molar-refractivity contribution in [3.63, 3.8) is 0 Å². The molecule has 1 fully saturated rings. The summed E-state index contributed by atoms with van der Waals surface area (Å²) in [6.45, 7) is 7.10. The van der Waals surface area contributed by atoms with Crippen molar-refractivity contribution in [1.29, 1.82) is 0 Å². The Hall–Kier alpha value is -1.61. The van der Waals surface area contributed by atoms with E-state index in [-0.39, 0.29) is 16.9 Å². The van der Waals surface area contributed by atoms with Crippen molar-refractivity contribution >= 4 is 23.4 Å². The Bertz CT molecular complexity index is 674. The van der Waals surface area contributed by atoms with E-state index in [4.69, 9.17) is 4.74 Å². The molecule has 9 heteroatoms. The number of ether oxygens (including phenoxy) is 1. The fourth-order valence-electron chi connectivity index (χ4n) is 2.77. The molecular formula is C19H29F3N4OS. The van der Waals surface area contributed by atoms with Crippen molar-refractivity contribution < 1.29 is 17.9 Å². The number of anilines is 1. The maximum absolute atomic E-state index is 13.6. The standard InChI is InChI=1S/C19H29F3N4OS/c1-18(2,28-4)13-25-17(23-3)24-12-14-5-6-15(11-16(14)19(20,21)22)26-7-9-27-10-8-26/h5-6,11H,7-10,12-13H2,1-4H3,(H2,23,24,25). The molecule has 2 N–H and O–H groups in total. The Kier molecular flexibility index (Phi) is 7.88. The lowest BCUT2D eigenvalue weighted by atomic mass is 10.0. The van der Waals surface area contributed by atoms with E-state index in [1.165, 1.54) is 6.07 Å². The molecule has 28 heavy (non-hydrogen) atoms. The Labute approximate surface area is 169 Å². The summed E-state index contributed by atoms with van der Waals surface area (Å²) in [4.78, 5) is 6.02. The van der Waals surface area contributed by atoms with Crippen LogP contribution in [0.25, 0.3) is 0 Å². The van der Waals surface area contributed by atoms with E-state index in [1.807, 2.05) is 11.2 Å². The summed E-state index contributed by atoms with van der Waals surface area (Å²) >= 11 is 1.71. The second-order valence-corrected chi connectivity index (χ2v) is 8.70. The summed E-state index contributed by atoms with van der Waals surface area (Å²) in [5, 5.41) is 6.16. The molecule has 2 rings (SSSR count). The molecule has 0 saturated carbocycles. The minimum Gasteiger partial charge on any atom is -0.378 e. The zero-order chi connectivity index (χ0) is 20.8. The number of rotatable bonds is 6. The van der Waals surface area contributed by atoms with Crippen LogP contribution in [0.1, 0.15) is 25.0 Å². The monoisotopic (exact) mass is 418 g/mol. The van der Waals surface area contributed by atoms with E-state index < -0.39 is 11.7 Å². The van der Waals surface area contributed by atoms with Crippen LogP contribution in [-0.2, 0) is 17.5 Å². The molecule has 0 bridgehead atoms. The first-order chi connectivity index (χ1) is 13.2. The van der Waals surface area contributed by atoms with Gasteiger partial charge >= 0.3 is 6.18 Å². The molecule has 1 saturated heterocycles. The Morgan fingerprint density at radius 1 is 1.21 bits per heavy atom. The van der Waals surface area contributed by atoms with Crippen LogP contribution in [-0.4, -0.2) is 56.9 Å². The van der Waals surface area contributed by atoms with Crippen molar-refractivity contribution in [2.75, 3.05) is 51.1 Å². The number of hydrogen-bond acceptors (Lipinski definition) is 4. The van der Waals surface area contributed by atoms with Gasteiger partial charge in [0.15, 0.2) is 5.96 Å². The summed E-state index contributed by atoms with van der Waals surface area (Å²) in [5.74, 6) is 0.479. The van der Waals surface area contributed by atoms with Gasteiger partial charge < -0.3 is 20.3 Å². The van der Waals surface area contributed by atoms with Crippen molar-refractivity contribution in [3.05, 3.63) is 29.3 Å². The molecular weight excluding hydrogens is 389 g/mol. The molecule has 0 aliphatic carbocycles. The molecule has 1 aliphatic rings. The van der Waals surface area contributed by atoms with Crippen LogP contribution in [0.4, 0.5) is 18.9 Å². The van der Waals surface area contributed by atoms with Crippen LogP contribution >= 0.6 is 11.8 Å². The third-order valence-corrected chi connectivity index (χ3v) is 5.93. The zero-order valence-electron chi connectivity index (χ0n) is 16.8. The first kappa shape index (κ1) is 22.7. The van der Waals surface area contributed by atoms with Crippen LogP contribution in [0, 0.1) is 0 Å². The summed E-state index contributed by atoms with van der Waals surface area (Å²) in [5.41, 5.74) is 0.143. The smallest absolute Gasteiger partial charge is 0.378 e. The number of benzene rings is 1. The van der Waals surface area contributed by atoms with Gasteiger partial charge in [0.1, 0.15) is 0 Å². The van der Waals surface area contributed by atoms with Gasteiger partial charge in [0.25, 0.3) is 0 Å². The van der Waals surface area contributed by atoms with Crippen molar-refractivity contribution in [3.8, 4) is 0 Å². The molecule has 0 amide bonds. The number of thioether (sulfide) groups is 1. The number of alkyl halides is 3. The molecule has 0 spiro atoms. The lowest BCUT2D eigenvalue weighted by Crippen LogP contribution is -2.43. The van der Waals surface area contributed by atoms with E-state index in [0.717, 1.165) is 0 Å². The molecule has 0 aromatic heterocycles. The van der Waals surface area contributed by atoms with Gasteiger partial charge in [-0.15, -0.1) is 0 Å². The number of morpholine rings is 1. The number of nitrogens with one attached hydrogen (secondary N) is 2. The van der Waals surface area contributed by atoms with Gasteiger partial charge in [-0.2, -0.15) is 24.9 Å². The van der Waals surface area contributed by atoms with Gasteiger partial charge in [-0.25, -0.2) is 0 Å². The molecule has 0 radical (unpaired) electrons. The number of halogens is 3. The van der Waals surface area contributed by atoms with E-state index in [0.29, 0.717) is 44.5 Å². The maximum atomic E-state index is 13.6. The fraction of sp³-hybridized carbons (Fsp3) is 0.632. The number of guanidine groups is 1.